The van der Waals surface area contributed by atoms with Crippen LogP contribution in [0, 0.1) is 0 Å². The molecule has 0 saturated heterocycles. The SMILES string of the molecule is CCCCCc1cc(O)c2c(c1)OC(C)(C)C1=CCC=C(C)[C@H]12. The van der Waals surface area contributed by atoms with E-state index >= 15 is 0 Å². The van der Waals surface area contributed by atoms with Crippen LogP contribution in [0.4, 0.5) is 0 Å². The van der Waals surface area contributed by atoms with Gasteiger partial charge in [-0.1, -0.05) is 37.5 Å². The van der Waals surface area contributed by atoms with Gasteiger partial charge in [-0.3, -0.25) is 0 Å². The summed E-state index contributed by atoms with van der Waals surface area (Å²) in [6.45, 7) is 8.64. The molecule has 2 nitrogen and oxygen atoms in total. The number of unbranched alkanes of at least 4 members (excludes halogenated alkanes) is 2. The number of ether oxygens (including phenoxy) is 1. The van der Waals surface area contributed by atoms with Crippen LogP contribution in [0.2, 0.25) is 0 Å². The first-order valence-electron chi connectivity index (χ1n) is 8.86. The molecular weight excluding hydrogens is 284 g/mol. The van der Waals surface area contributed by atoms with Gasteiger partial charge in [0.1, 0.15) is 17.1 Å². The highest BCUT2D eigenvalue weighted by atomic mass is 16.5. The highest BCUT2D eigenvalue weighted by molar-refractivity contribution is 5.60. The Bertz CT molecular complexity index is 665. The molecule has 3 rings (SSSR count). The van der Waals surface area contributed by atoms with Gasteiger partial charge >= 0.3 is 0 Å². The molecule has 1 atom stereocenters. The Kier molecular flexibility index (Phi) is 4.27. The number of phenols is 1. The van der Waals surface area contributed by atoms with Crippen molar-refractivity contribution in [1.82, 2.24) is 0 Å². The van der Waals surface area contributed by atoms with E-state index in [9.17, 15) is 5.11 Å². The zero-order chi connectivity index (χ0) is 16.6. The minimum atomic E-state index is -0.318. The minimum absolute atomic E-state index is 0.159. The highest BCUT2D eigenvalue weighted by Gasteiger charge is 2.41. The maximum absolute atomic E-state index is 10.7. The monoisotopic (exact) mass is 312 g/mol. The zero-order valence-electron chi connectivity index (χ0n) is 14.8. The molecule has 1 aliphatic heterocycles. The normalized spacial score (nSPS) is 21.7. The molecule has 1 N–H and O–H groups in total. The Morgan fingerprint density at radius 2 is 2.00 bits per heavy atom. The van der Waals surface area contributed by atoms with Crippen LogP contribution >= 0.6 is 0 Å². The third kappa shape index (κ3) is 2.91. The minimum Gasteiger partial charge on any atom is -0.507 e. The third-order valence-electron chi connectivity index (χ3n) is 5.14. The second-order valence-corrected chi connectivity index (χ2v) is 7.37. The molecule has 0 saturated carbocycles. The summed E-state index contributed by atoms with van der Waals surface area (Å²) in [6.07, 6.45) is 10.1. The van der Waals surface area contributed by atoms with Gasteiger partial charge in [-0.2, -0.15) is 0 Å². The summed E-state index contributed by atoms with van der Waals surface area (Å²) in [4.78, 5) is 0. The molecule has 1 aromatic rings. The van der Waals surface area contributed by atoms with E-state index in [1.54, 1.807) is 0 Å². The molecular formula is C21H28O2. The largest absolute Gasteiger partial charge is 0.507 e. The van der Waals surface area contributed by atoms with E-state index in [0.29, 0.717) is 5.75 Å². The predicted octanol–water partition coefficient (Wildman–Crippen LogP) is 5.66. The van der Waals surface area contributed by atoms with Crippen molar-refractivity contribution in [2.24, 2.45) is 0 Å². The molecule has 0 amide bonds. The highest BCUT2D eigenvalue weighted by Crippen LogP contribution is 2.52. The molecule has 1 heterocycles. The van der Waals surface area contributed by atoms with Gasteiger partial charge in [0.25, 0.3) is 0 Å². The van der Waals surface area contributed by atoms with Crippen LogP contribution in [-0.2, 0) is 6.42 Å². The first-order chi connectivity index (χ1) is 10.9. The lowest BCUT2D eigenvalue weighted by Crippen LogP contribution is -2.39. The van der Waals surface area contributed by atoms with E-state index in [1.807, 2.05) is 6.07 Å². The maximum Gasteiger partial charge on any atom is 0.128 e. The van der Waals surface area contributed by atoms with E-state index in [1.165, 1.54) is 29.6 Å². The van der Waals surface area contributed by atoms with Gasteiger partial charge in [-0.25, -0.2) is 0 Å². The Labute approximate surface area is 139 Å². The van der Waals surface area contributed by atoms with E-state index in [-0.39, 0.29) is 11.5 Å². The summed E-state index contributed by atoms with van der Waals surface area (Å²) in [5, 5.41) is 10.7. The summed E-state index contributed by atoms with van der Waals surface area (Å²) < 4.78 is 6.31. The lowest BCUT2D eigenvalue weighted by Gasteiger charge is -2.42. The molecule has 0 fully saturated rings. The van der Waals surface area contributed by atoms with Crippen molar-refractivity contribution in [2.75, 3.05) is 0 Å². The Morgan fingerprint density at radius 1 is 1.22 bits per heavy atom. The summed E-state index contributed by atoms with van der Waals surface area (Å²) >= 11 is 0. The van der Waals surface area contributed by atoms with Crippen LogP contribution in [0.15, 0.2) is 35.4 Å². The average molecular weight is 312 g/mol. The van der Waals surface area contributed by atoms with Crippen molar-refractivity contribution in [3.63, 3.8) is 0 Å². The van der Waals surface area contributed by atoms with Crippen molar-refractivity contribution >= 4 is 0 Å². The Balaban J connectivity index is 2.03. The maximum atomic E-state index is 10.7. The number of aryl methyl sites for hydroxylation is 1. The quantitative estimate of drug-likeness (QED) is 0.574. The smallest absolute Gasteiger partial charge is 0.128 e. The van der Waals surface area contributed by atoms with Gasteiger partial charge in [0.2, 0.25) is 0 Å². The molecule has 0 unspecified atom stereocenters. The summed E-state index contributed by atoms with van der Waals surface area (Å²) in [5.41, 5.74) is 4.40. The molecule has 0 radical (unpaired) electrons. The summed E-state index contributed by atoms with van der Waals surface area (Å²) in [7, 11) is 0. The number of hydrogen-bond donors (Lipinski definition) is 1. The Hall–Kier alpha value is -1.70. The number of rotatable bonds is 4. The van der Waals surface area contributed by atoms with Crippen LogP contribution in [-0.4, -0.2) is 10.7 Å². The first-order valence-corrected chi connectivity index (χ1v) is 8.86. The Morgan fingerprint density at radius 3 is 2.74 bits per heavy atom. The number of benzene rings is 1. The lowest BCUT2D eigenvalue weighted by atomic mass is 9.72. The van der Waals surface area contributed by atoms with Crippen LogP contribution in [0.5, 0.6) is 11.5 Å². The van der Waals surface area contributed by atoms with Gasteiger partial charge in [0.15, 0.2) is 0 Å². The molecule has 1 aromatic carbocycles. The van der Waals surface area contributed by atoms with Gasteiger partial charge in [-0.15, -0.1) is 0 Å². The molecule has 0 spiro atoms. The number of phenolic OH excluding ortho intramolecular Hbond substituents is 1. The van der Waals surface area contributed by atoms with Crippen LogP contribution < -0.4 is 4.74 Å². The van der Waals surface area contributed by atoms with E-state index in [2.05, 4.69) is 45.9 Å². The first kappa shape index (κ1) is 16.2. The summed E-state index contributed by atoms with van der Waals surface area (Å²) in [6, 6.07) is 4.08. The van der Waals surface area contributed by atoms with E-state index < -0.39 is 0 Å². The molecule has 0 bridgehead atoms. The van der Waals surface area contributed by atoms with Gasteiger partial charge in [0.05, 0.1) is 0 Å². The van der Waals surface area contributed by atoms with Crippen molar-refractivity contribution in [3.05, 3.63) is 46.6 Å². The molecule has 1 aliphatic carbocycles. The number of allylic oxidation sites excluding steroid dienone is 3. The fourth-order valence-corrected chi connectivity index (χ4v) is 3.93. The topological polar surface area (TPSA) is 29.5 Å². The number of fused-ring (bicyclic) bond motifs is 3. The van der Waals surface area contributed by atoms with Crippen molar-refractivity contribution in [2.45, 2.75) is 71.3 Å². The van der Waals surface area contributed by atoms with Crippen LogP contribution in [0.1, 0.15) is 70.4 Å². The molecule has 2 aliphatic rings. The second kappa shape index (κ2) is 6.07. The third-order valence-corrected chi connectivity index (χ3v) is 5.14. The van der Waals surface area contributed by atoms with Crippen LogP contribution in [0.3, 0.4) is 0 Å². The van der Waals surface area contributed by atoms with Gasteiger partial charge < -0.3 is 9.84 Å². The molecule has 0 aromatic heterocycles. The average Bonchev–Trinajstić information content (AvgIpc) is 2.47. The van der Waals surface area contributed by atoms with Crippen molar-refractivity contribution in [3.8, 4) is 11.5 Å². The standard InChI is InChI=1S/C21H28O2/c1-5-6-7-10-15-12-17(22)20-18(13-15)23-21(3,4)16-11-8-9-14(2)19(16)20/h9,11-13,19,22H,5-8,10H2,1-4H3/t19-/m1/s1. The zero-order valence-corrected chi connectivity index (χ0v) is 14.8. The van der Waals surface area contributed by atoms with Crippen molar-refractivity contribution < 1.29 is 9.84 Å². The van der Waals surface area contributed by atoms with Gasteiger partial charge in [0, 0.05) is 11.5 Å². The lowest BCUT2D eigenvalue weighted by molar-refractivity contribution is 0.126. The van der Waals surface area contributed by atoms with Crippen molar-refractivity contribution in [1.29, 1.82) is 0 Å². The molecule has 23 heavy (non-hydrogen) atoms. The molecule has 2 heteroatoms. The fraction of sp³-hybridized carbons (Fsp3) is 0.524. The van der Waals surface area contributed by atoms with Crippen LogP contribution in [0.25, 0.3) is 0 Å². The number of aromatic hydroxyl groups is 1. The second-order valence-electron chi connectivity index (χ2n) is 7.37. The van der Waals surface area contributed by atoms with E-state index in [0.717, 1.165) is 30.6 Å². The van der Waals surface area contributed by atoms with Gasteiger partial charge in [-0.05, 0) is 63.3 Å². The fourth-order valence-electron chi connectivity index (χ4n) is 3.93. The summed E-state index contributed by atoms with van der Waals surface area (Å²) in [5.74, 6) is 1.40. The molecule has 124 valence electrons. The predicted molar refractivity (Wildman–Crippen MR) is 95.2 cm³/mol. The van der Waals surface area contributed by atoms with E-state index in [4.69, 9.17) is 4.74 Å². The number of hydrogen-bond acceptors (Lipinski definition) is 2.